The Labute approximate surface area is 575 Å². The Kier molecular flexibility index (Phi) is 43.3. The summed E-state index contributed by atoms with van der Waals surface area (Å²) in [7, 11) is -1.59. The first-order chi connectivity index (χ1) is 36.6. The summed E-state index contributed by atoms with van der Waals surface area (Å²) in [4.78, 5) is 52.6. The van der Waals surface area contributed by atoms with Gasteiger partial charge < -0.3 is 37.8 Å². The molecular weight excluding hydrogens is 1320 g/mol. The van der Waals surface area contributed by atoms with Crippen LogP contribution in [-0.4, -0.2) is 125 Å². The summed E-state index contributed by atoms with van der Waals surface area (Å²) >= 11 is 3.67. The van der Waals surface area contributed by atoms with E-state index in [0.29, 0.717) is 17.1 Å². The zero-order valence-corrected chi connectivity index (χ0v) is 57.9. The zero-order chi connectivity index (χ0) is 63.4. The molecule has 73 heavy (non-hydrogen) atoms. The third-order valence-corrected chi connectivity index (χ3v) is 10.9. The first-order valence-electron chi connectivity index (χ1n) is 24.1. The molecule has 400 valence electrons. The maximum Gasteiger partial charge on any atom is 1.00 e. The molecule has 0 aliphatic carbocycles. The molecule has 3 unspecified atom stereocenters. The molecule has 0 fully saturated rings. The molecule has 3 rings (SSSR count). The minimum absolute atomic E-state index is 0. The number of halogens is 2. The number of aliphatic hydroxyl groups is 1. The second-order valence-corrected chi connectivity index (χ2v) is 19.3. The number of rotatable bonds is 19. The van der Waals surface area contributed by atoms with Gasteiger partial charge in [0.1, 0.15) is 12.6 Å². The number of nitro benzene ring substituents is 2. The van der Waals surface area contributed by atoms with Crippen LogP contribution < -0.4 is 143 Å². The van der Waals surface area contributed by atoms with Crippen molar-refractivity contribution in [1.29, 1.82) is 0 Å². The van der Waals surface area contributed by atoms with Gasteiger partial charge in [-0.1, -0.05) is 81.5 Å². The number of aryl methyl sites for hydroxylation is 1. The predicted octanol–water partition coefficient (Wildman–Crippen LogP) is 1.57. The van der Waals surface area contributed by atoms with Crippen LogP contribution in [-0.2, 0) is 61.1 Å². The molecular formula is C43H62Cl2Cs2N5O17S4+. The van der Waals surface area contributed by atoms with Crippen molar-refractivity contribution in [3.8, 4) is 0 Å². The van der Waals surface area contributed by atoms with E-state index in [1.807, 2.05) is 32.0 Å². The maximum absolute atomic E-state index is 12.6. The van der Waals surface area contributed by atoms with Crippen LogP contribution >= 0.6 is 21.4 Å². The average Bonchev–Trinajstić information content (AvgIpc) is 3.36. The van der Waals surface area contributed by atoms with E-state index in [2.05, 4.69) is 83.0 Å². The Bertz CT molecular complexity index is 2640. The molecule has 0 aromatic heterocycles. The third kappa shape index (κ3) is 43.5. The number of aliphatic hydroxyl groups excluding tert-OH is 1. The van der Waals surface area contributed by atoms with Crippen molar-refractivity contribution in [2.45, 2.75) is 69.0 Å². The number of esters is 1. The van der Waals surface area contributed by atoms with Gasteiger partial charge in [0.25, 0.3) is 11.4 Å². The summed E-state index contributed by atoms with van der Waals surface area (Å²) in [5.41, 5.74) is 0.664. The van der Waals surface area contributed by atoms with Crippen molar-refractivity contribution in [3.63, 3.8) is 0 Å². The fourth-order valence-corrected chi connectivity index (χ4v) is 6.04. The van der Waals surface area contributed by atoms with Crippen LogP contribution in [0, 0.1) is 33.1 Å². The van der Waals surface area contributed by atoms with Crippen LogP contribution in [0.4, 0.5) is 16.2 Å². The molecule has 0 saturated carbocycles. The fraction of sp³-hybridized carbons (Fsp3) is 0.372. The van der Waals surface area contributed by atoms with Gasteiger partial charge in [-0.3, -0.25) is 34.6 Å². The quantitative estimate of drug-likeness (QED) is 0.0252. The Morgan fingerprint density at radius 1 is 0.822 bits per heavy atom. The van der Waals surface area contributed by atoms with Crippen molar-refractivity contribution in [2.24, 2.45) is 5.92 Å². The number of nitrogens with one attached hydrogen (secondary N) is 1. The van der Waals surface area contributed by atoms with E-state index in [1.165, 1.54) is 23.8 Å². The van der Waals surface area contributed by atoms with Crippen molar-refractivity contribution >= 4 is 91.9 Å². The van der Waals surface area contributed by atoms with Gasteiger partial charge in [0, 0.05) is 78.5 Å². The van der Waals surface area contributed by atoms with Gasteiger partial charge in [-0.15, -0.1) is 13.2 Å². The summed E-state index contributed by atoms with van der Waals surface area (Å²) in [6, 6.07) is 17.8. The third-order valence-electron chi connectivity index (χ3n) is 7.69. The van der Waals surface area contributed by atoms with Crippen molar-refractivity contribution in [3.05, 3.63) is 143 Å². The second kappa shape index (κ2) is 49.2. The van der Waals surface area contributed by atoms with Crippen LogP contribution in [0.5, 0.6) is 0 Å². The second-order valence-electron chi connectivity index (χ2n) is 12.8. The topological polar surface area (TPSA) is 320 Å². The van der Waals surface area contributed by atoms with Crippen molar-refractivity contribution in [1.82, 2.24) is 13.9 Å². The number of hydrogen-bond acceptors (Lipinski definition) is 18. The summed E-state index contributed by atoms with van der Waals surface area (Å²) in [6.45, 7) is 7.89. The van der Waals surface area contributed by atoms with Gasteiger partial charge in [-0.05, 0) is 63.3 Å². The van der Waals surface area contributed by atoms with Gasteiger partial charge in [0.05, 0.1) is 32.3 Å². The largest absolute Gasteiger partial charge is 1.00 e. The molecule has 3 aromatic rings. The van der Waals surface area contributed by atoms with E-state index in [0.717, 1.165) is 55.0 Å². The predicted molar refractivity (Wildman–Crippen MR) is 276 cm³/mol. The summed E-state index contributed by atoms with van der Waals surface area (Å²) < 4.78 is 128. The zero-order valence-electron chi connectivity index (χ0n) is 49.6. The molecule has 0 bridgehead atoms. The number of carboxylic acid groups (broad SMARTS) is 1. The van der Waals surface area contributed by atoms with E-state index in [1.54, 1.807) is 6.92 Å². The standard InChI is InChI=1S/C13H18N2O4S.C9H10N2O6S.C8H15NO2.C7H8.C5H10O.CH2O3S.Cl2OS.2Cs/c1-4-11(5-2)10-14(3)20(18,19)13-8-6-12(7-9-13)15(16)17;1-10(6-9(12)13)18(16,17)8-4-2-7(3-5-8)11(14)15;1-4-7(5-2)11-8(10)6-9-3;1-7-5-3-2-4-6-7;1-3-5(6)4-2;2-1(5)4-3;1-4(2)3;;/h4,6-9,11H,1,5,10H2,2-3H3;2-5H,6H2,1H3,(H,12,13);4,7,9H,1,5-6H2,2-3H3;2-6H,1H3;3,5-6H,1,4H2,2H3;3H,(H,2,5);;;/q;;;;;;;2*+1/p-1/i3D3;1D3;3D3;;;;;;. The average molecular weight is 1400 g/mol. The molecule has 0 amide bonds. The molecule has 0 spiro atoms. The number of sulfonamides is 2. The molecule has 22 nitrogen and oxygen atoms in total. The van der Waals surface area contributed by atoms with Crippen LogP contribution in [0.3, 0.4) is 0 Å². The molecule has 3 atom stereocenters. The van der Waals surface area contributed by atoms with Crippen LogP contribution in [0.15, 0.2) is 127 Å². The van der Waals surface area contributed by atoms with Gasteiger partial charge in [-0.25, -0.2) is 30.6 Å². The number of likely N-dealkylation sites (N-methyl/N-ethyl adjacent to an activating group) is 2. The van der Waals surface area contributed by atoms with Crippen molar-refractivity contribution < 1.29 is 220 Å². The van der Waals surface area contributed by atoms with Crippen LogP contribution in [0.1, 0.15) is 57.9 Å². The Morgan fingerprint density at radius 3 is 1.49 bits per heavy atom. The Hall–Kier alpha value is -1.16. The number of aliphatic carboxylic acids is 1. The summed E-state index contributed by atoms with van der Waals surface area (Å²) in [5.74, 6) is -2.55. The number of non-ortho nitro benzene ring substituents is 2. The molecule has 4 N–H and O–H groups in total. The SMILES string of the molecule is C=CC(O)CC.Cc1ccccc1.O=C([S-])OO.O=S(Cl)Cl.[2H]C([2H])([2H])N(CC(=O)O)S(=O)(=O)c1ccc([N+](=O)[O-])cc1.[2H]C([2H])([2H])N(CC(C=C)CC)S(=O)(=O)c1ccc([N+](=O)[O-])cc1.[2H]C([2H])([2H])NCC(=O)OC(C=C)CC.[Cs+].[Cs+]. The Morgan fingerprint density at radius 2 is 1.25 bits per heavy atom. The fourth-order valence-electron chi connectivity index (χ4n) is 3.91. The van der Waals surface area contributed by atoms with E-state index >= 15 is 0 Å². The first kappa shape index (κ1) is 64.4. The van der Waals surface area contributed by atoms with E-state index in [9.17, 15) is 46.7 Å². The number of carbonyl (C=O) groups excluding carboxylic acids is 2. The van der Waals surface area contributed by atoms with E-state index in [-0.39, 0.29) is 190 Å². The minimum atomic E-state index is -4.63. The molecule has 0 heterocycles. The van der Waals surface area contributed by atoms with E-state index in [4.69, 9.17) is 41.5 Å². The van der Waals surface area contributed by atoms with Gasteiger partial charge in [-0.2, -0.15) is 4.31 Å². The van der Waals surface area contributed by atoms with Gasteiger partial charge >= 0.3 is 150 Å². The molecule has 0 aliphatic heterocycles. The molecule has 0 radical (unpaired) electrons. The molecule has 0 saturated heterocycles. The van der Waals surface area contributed by atoms with Crippen LogP contribution in [0.2, 0.25) is 0 Å². The van der Waals surface area contributed by atoms with Gasteiger partial charge in [0.2, 0.25) is 34.6 Å². The molecule has 3 aromatic carbocycles. The first-order valence-corrected chi connectivity index (χ1v) is 25.7. The number of ether oxygens (including phenoxy) is 1. The van der Waals surface area contributed by atoms with Crippen molar-refractivity contribution in [2.75, 3.05) is 40.6 Å². The number of carboxylic acids is 1. The van der Waals surface area contributed by atoms with Gasteiger partial charge in [0.15, 0.2) is 0 Å². The van der Waals surface area contributed by atoms with Crippen LogP contribution in [0.25, 0.3) is 0 Å². The smallest absolute Gasteiger partial charge is 0.694 e. The number of nitro groups is 2. The maximum atomic E-state index is 12.6. The monoisotopic (exact) mass is 1390 g/mol. The normalized spacial score (nSPS) is 13.5. The molecule has 30 heteroatoms. The number of benzene rings is 3. The molecule has 0 aliphatic rings. The number of hydrogen-bond donors (Lipinski definition) is 4. The summed E-state index contributed by atoms with van der Waals surface area (Å²) in [5, 5.41) is 46.4. The van der Waals surface area contributed by atoms with E-state index < -0.39 is 88.7 Å². The minimum Gasteiger partial charge on any atom is -0.694 e. The number of nitrogens with zero attached hydrogens (tertiary/aromatic N) is 4. The Balaban J connectivity index is -0.000000223. The number of carbonyl (C=O) groups is 3. The summed E-state index contributed by atoms with van der Waals surface area (Å²) in [6.07, 6.45) is 5.82.